The Hall–Kier alpha value is -0.530. The fraction of sp³-hybridized carbons (Fsp3) is 0.875. The van der Waals surface area contributed by atoms with Gasteiger partial charge in [-0.25, -0.2) is 0 Å². The Kier molecular flexibility index (Phi) is 2.30. The number of amides is 1. The molecule has 0 unspecified atom stereocenters. The molecule has 0 aromatic rings. The maximum atomic E-state index is 10.9. The quantitative estimate of drug-likeness (QED) is 0.540. The van der Waals surface area contributed by atoms with E-state index in [0.717, 1.165) is 13.0 Å². The van der Waals surface area contributed by atoms with E-state index < -0.39 is 0 Å². The molecule has 10 heavy (non-hydrogen) atoms. The summed E-state index contributed by atoms with van der Waals surface area (Å²) in [6, 6.07) is 0.539. The molecular weight excluding hydrogens is 126 g/mol. The van der Waals surface area contributed by atoms with Crippen molar-refractivity contribution in [1.82, 2.24) is 4.90 Å². The number of likely N-dealkylation sites (tertiary alicyclic amines) is 1. The van der Waals surface area contributed by atoms with Crippen molar-refractivity contribution in [3.63, 3.8) is 0 Å². The number of hydrogen-bond donors (Lipinski definition) is 0. The van der Waals surface area contributed by atoms with Gasteiger partial charge in [-0.1, -0.05) is 6.92 Å². The molecule has 0 saturated carbocycles. The van der Waals surface area contributed by atoms with Crippen LogP contribution in [0.15, 0.2) is 0 Å². The molecule has 1 rings (SSSR count). The highest BCUT2D eigenvalue weighted by Gasteiger charge is 2.24. The second-order valence-electron chi connectivity index (χ2n) is 2.92. The molecule has 0 aromatic heterocycles. The minimum atomic E-state index is 0.240. The van der Waals surface area contributed by atoms with Gasteiger partial charge in [-0.2, -0.15) is 0 Å². The molecule has 1 heterocycles. The monoisotopic (exact) mass is 141 g/mol. The molecule has 58 valence electrons. The van der Waals surface area contributed by atoms with Gasteiger partial charge in [-0.05, 0) is 19.3 Å². The standard InChI is InChI=1S/C8H15NO/c1-3-8-5-4-6-9(8)7(2)10/h8H,3-6H2,1-2H3/t8-/m0/s1. The van der Waals surface area contributed by atoms with Crippen molar-refractivity contribution in [1.29, 1.82) is 0 Å². The van der Waals surface area contributed by atoms with Crippen molar-refractivity contribution in [3.05, 3.63) is 0 Å². The van der Waals surface area contributed by atoms with Crippen LogP contribution in [0.2, 0.25) is 0 Å². The molecule has 1 saturated heterocycles. The van der Waals surface area contributed by atoms with Gasteiger partial charge in [0.15, 0.2) is 0 Å². The zero-order valence-electron chi connectivity index (χ0n) is 6.76. The summed E-state index contributed by atoms with van der Waals surface area (Å²) in [5.74, 6) is 0.240. The molecule has 2 heteroatoms. The molecule has 1 aliphatic heterocycles. The fourth-order valence-electron chi connectivity index (χ4n) is 1.67. The number of nitrogens with zero attached hydrogens (tertiary/aromatic N) is 1. The van der Waals surface area contributed by atoms with Gasteiger partial charge in [-0.3, -0.25) is 4.79 Å². The second-order valence-corrected chi connectivity index (χ2v) is 2.92. The predicted octanol–water partition coefficient (Wildman–Crippen LogP) is 1.41. The van der Waals surface area contributed by atoms with E-state index in [2.05, 4.69) is 6.92 Å². The molecule has 0 bridgehead atoms. The highest BCUT2D eigenvalue weighted by Crippen LogP contribution is 2.19. The highest BCUT2D eigenvalue weighted by atomic mass is 16.2. The third kappa shape index (κ3) is 1.31. The summed E-state index contributed by atoms with van der Waals surface area (Å²) in [6.45, 7) is 4.79. The van der Waals surface area contributed by atoms with E-state index in [1.54, 1.807) is 6.92 Å². The zero-order chi connectivity index (χ0) is 7.56. The highest BCUT2D eigenvalue weighted by molar-refractivity contribution is 5.73. The Morgan fingerprint density at radius 3 is 2.80 bits per heavy atom. The maximum Gasteiger partial charge on any atom is 0.219 e. The van der Waals surface area contributed by atoms with E-state index in [9.17, 15) is 4.79 Å². The first-order valence-electron chi connectivity index (χ1n) is 4.03. The Labute approximate surface area is 62.2 Å². The smallest absolute Gasteiger partial charge is 0.219 e. The molecule has 0 N–H and O–H groups in total. The van der Waals surface area contributed by atoms with E-state index in [1.807, 2.05) is 4.90 Å². The fourth-order valence-corrected chi connectivity index (χ4v) is 1.67. The Bertz CT molecular complexity index is 133. The van der Waals surface area contributed by atoms with Crippen molar-refractivity contribution >= 4 is 5.91 Å². The lowest BCUT2D eigenvalue weighted by Crippen LogP contribution is -2.32. The maximum absolute atomic E-state index is 10.9. The molecule has 2 nitrogen and oxygen atoms in total. The van der Waals surface area contributed by atoms with Crippen molar-refractivity contribution in [3.8, 4) is 0 Å². The Morgan fingerprint density at radius 1 is 1.70 bits per heavy atom. The zero-order valence-corrected chi connectivity index (χ0v) is 6.76. The first-order chi connectivity index (χ1) is 4.75. The van der Waals surface area contributed by atoms with E-state index in [1.165, 1.54) is 12.8 Å². The summed E-state index contributed by atoms with van der Waals surface area (Å²) < 4.78 is 0. The lowest BCUT2D eigenvalue weighted by atomic mass is 10.2. The normalized spacial score (nSPS) is 25.4. The summed E-state index contributed by atoms with van der Waals surface area (Å²) in [6.07, 6.45) is 3.51. The van der Waals surface area contributed by atoms with Crippen LogP contribution in [0.25, 0.3) is 0 Å². The Balaban J connectivity index is 2.50. The summed E-state index contributed by atoms with van der Waals surface area (Å²) >= 11 is 0. The summed E-state index contributed by atoms with van der Waals surface area (Å²) in [4.78, 5) is 12.9. The minimum Gasteiger partial charge on any atom is -0.340 e. The van der Waals surface area contributed by atoms with Crippen LogP contribution in [-0.2, 0) is 4.79 Å². The third-order valence-corrected chi connectivity index (χ3v) is 2.25. The van der Waals surface area contributed by atoms with Gasteiger partial charge in [0, 0.05) is 19.5 Å². The van der Waals surface area contributed by atoms with Crippen molar-refractivity contribution < 1.29 is 4.79 Å². The number of carbonyl (C=O) groups is 1. The number of carbonyl (C=O) groups excluding carboxylic acids is 1. The van der Waals surface area contributed by atoms with Gasteiger partial charge >= 0.3 is 0 Å². The van der Waals surface area contributed by atoms with Crippen LogP contribution in [0, 0.1) is 0 Å². The molecular formula is C8H15NO. The topological polar surface area (TPSA) is 20.3 Å². The van der Waals surface area contributed by atoms with Crippen LogP contribution < -0.4 is 0 Å². The third-order valence-electron chi connectivity index (χ3n) is 2.25. The van der Waals surface area contributed by atoms with E-state index in [4.69, 9.17) is 0 Å². The molecule has 0 aromatic carbocycles. The SMILES string of the molecule is CC[C@H]1CCCN1C(C)=O. The molecule has 0 aliphatic carbocycles. The first kappa shape index (κ1) is 7.58. The first-order valence-corrected chi connectivity index (χ1v) is 4.03. The number of hydrogen-bond acceptors (Lipinski definition) is 1. The minimum absolute atomic E-state index is 0.240. The van der Waals surface area contributed by atoms with Gasteiger partial charge in [-0.15, -0.1) is 0 Å². The molecule has 1 aliphatic rings. The van der Waals surface area contributed by atoms with Gasteiger partial charge in [0.25, 0.3) is 0 Å². The van der Waals surface area contributed by atoms with Crippen molar-refractivity contribution in [2.75, 3.05) is 6.54 Å². The summed E-state index contributed by atoms with van der Waals surface area (Å²) in [5, 5.41) is 0. The molecule has 1 atom stereocenters. The van der Waals surface area contributed by atoms with Crippen LogP contribution in [0.3, 0.4) is 0 Å². The van der Waals surface area contributed by atoms with Gasteiger partial charge in [0.05, 0.1) is 0 Å². The molecule has 0 spiro atoms. The average molecular weight is 141 g/mol. The lowest BCUT2D eigenvalue weighted by molar-refractivity contribution is -0.129. The van der Waals surface area contributed by atoms with Crippen LogP contribution in [0.5, 0.6) is 0 Å². The van der Waals surface area contributed by atoms with Gasteiger partial charge in [0.2, 0.25) is 5.91 Å². The molecule has 0 radical (unpaired) electrons. The predicted molar refractivity (Wildman–Crippen MR) is 40.7 cm³/mol. The summed E-state index contributed by atoms with van der Waals surface area (Å²) in [7, 11) is 0. The van der Waals surface area contributed by atoms with Crippen LogP contribution in [-0.4, -0.2) is 23.4 Å². The van der Waals surface area contributed by atoms with Crippen molar-refractivity contribution in [2.24, 2.45) is 0 Å². The van der Waals surface area contributed by atoms with E-state index in [0.29, 0.717) is 6.04 Å². The lowest BCUT2D eigenvalue weighted by Gasteiger charge is -2.21. The van der Waals surface area contributed by atoms with Crippen LogP contribution in [0.4, 0.5) is 0 Å². The average Bonchev–Trinajstić information content (AvgIpc) is 2.33. The summed E-state index contributed by atoms with van der Waals surface area (Å²) in [5.41, 5.74) is 0. The van der Waals surface area contributed by atoms with Crippen LogP contribution in [0.1, 0.15) is 33.1 Å². The van der Waals surface area contributed by atoms with Crippen LogP contribution >= 0.6 is 0 Å². The second kappa shape index (κ2) is 3.04. The number of rotatable bonds is 1. The van der Waals surface area contributed by atoms with Gasteiger partial charge in [0.1, 0.15) is 0 Å². The van der Waals surface area contributed by atoms with E-state index >= 15 is 0 Å². The van der Waals surface area contributed by atoms with Crippen molar-refractivity contribution in [2.45, 2.75) is 39.2 Å². The molecule has 1 fully saturated rings. The Morgan fingerprint density at radius 2 is 2.40 bits per heavy atom. The van der Waals surface area contributed by atoms with E-state index in [-0.39, 0.29) is 5.91 Å². The molecule has 1 amide bonds. The van der Waals surface area contributed by atoms with Gasteiger partial charge < -0.3 is 4.90 Å². The largest absolute Gasteiger partial charge is 0.340 e.